The Balaban J connectivity index is 0.00000117. The molecule has 0 amide bonds. The predicted molar refractivity (Wildman–Crippen MR) is 130 cm³/mol. The predicted octanol–water partition coefficient (Wildman–Crippen LogP) is 8.55. The van der Waals surface area contributed by atoms with Crippen LogP contribution in [0.2, 0.25) is 0 Å². The SMILES string of the molecule is C/C=C\C=C/C=C(C)c1ccc2[nH]c3ccc(-c4ccccc4)cc3c2c1.CC. The van der Waals surface area contributed by atoms with E-state index in [9.17, 15) is 0 Å². The minimum Gasteiger partial charge on any atom is -0.355 e. The molecule has 0 spiro atoms. The summed E-state index contributed by atoms with van der Waals surface area (Å²) in [7, 11) is 0. The largest absolute Gasteiger partial charge is 0.355 e. The van der Waals surface area contributed by atoms with Crippen molar-refractivity contribution in [2.45, 2.75) is 27.7 Å². The van der Waals surface area contributed by atoms with Crippen molar-refractivity contribution in [3.63, 3.8) is 0 Å². The first-order valence-corrected chi connectivity index (χ1v) is 10.3. The second-order valence-electron chi connectivity index (χ2n) is 6.77. The van der Waals surface area contributed by atoms with Gasteiger partial charge in [0, 0.05) is 21.8 Å². The Morgan fingerprint density at radius 1 is 0.724 bits per heavy atom. The lowest BCUT2D eigenvalue weighted by atomic mass is 10.0. The summed E-state index contributed by atoms with van der Waals surface area (Å²) in [4.78, 5) is 3.54. The van der Waals surface area contributed by atoms with Gasteiger partial charge in [0.25, 0.3) is 0 Å². The maximum atomic E-state index is 3.54. The molecule has 0 fully saturated rings. The second kappa shape index (κ2) is 9.75. The van der Waals surface area contributed by atoms with Crippen molar-refractivity contribution >= 4 is 27.4 Å². The van der Waals surface area contributed by atoms with Crippen LogP contribution in [0.15, 0.2) is 97.1 Å². The van der Waals surface area contributed by atoms with Crippen molar-refractivity contribution in [2.24, 2.45) is 0 Å². The standard InChI is InChI=1S/C26H23N.C2H6/c1-3-4-5-7-10-19(2)21-13-15-25-23(17-21)24-18-22(14-16-26(24)27-25)20-11-8-6-9-12-20;1-2/h3-18,27H,1-2H3;1-2H3/b4-3-,7-5-,19-10?;. The summed E-state index contributed by atoms with van der Waals surface area (Å²) >= 11 is 0. The Kier molecular flexibility index (Phi) is 6.86. The van der Waals surface area contributed by atoms with Gasteiger partial charge in [0.1, 0.15) is 0 Å². The van der Waals surface area contributed by atoms with Gasteiger partial charge in [-0.15, -0.1) is 0 Å². The molecular formula is C28H29N. The molecule has 4 aromatic rings. The summed E-state index contributed by atoms with van der Waals surface area (Å²) in [6, 6.07) is 23.9. The molecule has 146 valence electrons. The monoisotopic (exact) mass is 379 g/mol. The number of aromatic amines is 1. The average molecular weight is 380 g/mol. The van der Waals surface area contributed by atoms with Crippen molar-refractivity contribution < 1.29 is 0 Å². The topological polar surface area (TPSA) is 15.8 Å². The van der Waals surface area contributed by atoms with Crippen LogP contribution < -0.4 is 0 Å². The summed E-state index contributed by atoms with van der Waals surface area (Å²) in [6.45, 7) is 8.18. The highest BCUT2D eigenvalue weighted by Gasteiger charge is 2.07. The van der Waals surface area contributed by atoms with Crippen LogP contribution in [0.5, 0.6) is 0 Å². The summed E-state index contributed by atoms with van der Waals surface area (Å²) < 4.78 is 0. The number of H-pyrrole nitrogens is 1. The van der Waals surface area contributed by atoms with Gasteiger partial charge in [-0.3, -0.25) is 0 Å². The van der Waals surface area contributed by atoms with Gasteiger partial charge in [-0.05, 0) is 60.4 Å². The summed E-state index contributed by atoms with van der Waals surface area (Å²) in [5, 5.41) is 2.54. The van der Waals surface area contributed by atoms with E-state index < -0.39 is 0 Å². The molecule has 4 rings (SSSR count). The van der Waals surface area contributed by atoms with Crippen LogP contribution in [-0.2, 0) is 0 Å². The molecule has 1 heteroatoms. The molecular weight excluding hydrogens is 350 g/mol. The smallest absolute Gasteiger partial charge is 0.0465 e. The molecule has 1 nitrogen and oxygen atoms in total. The molecule has 1 aromatic heterocycles. The van der Waals surface area contributed by atoms with E-state index in [0.29, 0.717) is 0 Å². The number of rotatable bonds is 4. The molecule has 1 heterocycles. The number of hydrogen-bond donors (Lipinski definition) is 1. The van der Waals surface area contributed by atoms with Crippen LogP contribution in [-0.4, -0.2) is 4.98 Å². The number of benzene rings is 3. The van der Waals surface area contributed by atoms with E-state index in [1.54, 1.807) is 0 Å². The van der Waals surface area contributed by atoms with Crippen molar-refractivity contribution in [2.75, 3.05) is 0 Å². The first-order chi connectivity index (χ1) is 14.3. The maximum absolute atomic E-state index is 3.54. The maximum Gasteiger partial charge on any atom is 0.0465 e. The van der Waals surface area contributed by atoms with Gasteiger partial charge < -0.3 is 4.98 Å². The highest BCUT2D eigenvalue weighted by Crippen LogP contribution is 2.31. The Morgan fingerprint density at radius 3 is 2.14 bits per heavy atom. The minimum atomic E-state index is 1.18. The van der Waals surface area contributed by atoms with E-state index in [4.69, 9.17) is 0 Å². The van der Waals surface area contributed by atoms with Crippen LogP contribution in [0.25, 0.3) is 38.5 Å². The molecule has 0 atom stereocenters. The Morgan fingerprint density at radius 2 is 1.41 bits per heavy atom. The van der Waals surface area contributed by atoms with E-state index in [0.717, 1.165) is 0 Å². The molecule has 0 bridgehead atoms. The Labute approximate surface area is 174 Å². The van der Waals surface area contributed by atoms with Gasteiger partial charge in [-0.2, -0.15) is 0 Å². The van der Waals surface area contributed by atoms with Gasteiger partial charge >= 0.3 is 0 Å². The van der Waals surface area contributed by atoms with Gasteiger partial charge in [0.2, 0.25) is 0 Å². The minimum absolute atomic E-state index is 1.18. The van der Waals surface area contributed by atoms with E-state index in [2.05, 4.69) is 96.9 Å². The van der Waals surface area contributed by atoms with Gasteiger partial charge in [-0.25, -0.2) is 0 Å². The van der Waals surface area contributed by atoms with Crippen LogP contribution in [0.4, 0.5) is 0 Å². The highest BCUT2D eigenvalue weighted by molar-refractivity contribution is 6.09. The number of allylic oxidation sites excluding steroid dienone is 6. The van der Waals surface area contributed by atoms with Crippen LogP contribution in [0.1, 0.15) is 33.3 Å². The third-order valence-corrected chi connectivity index (χ3v) is 4.92. The zero-order valence-corrected chi connectivity index (χ0v) is 17.7. The number of aromatic nitrogens is 1. The number of fused-ring (bicyclic) bond motifs is 3. The van der Waals surface area contributed by atoms with Crippen LogP contribution in [0, 0.1) is 0 Å². The number of nitrogens with one attached hydrogen (secondary N) is 1. The molecule has 1 N–H and O–H groups in total. The van der Waals surface area contributed by atoms with Crippen molar-refractivity contribution in [1.82, 2.24) is 4.98 Å². The molecule has 0 saturated heterocycles. The van der Waals surface area contributed by atoms with Gasteiger partial charge in [-0.1, -0.05) is 86.7 Å². The normalized spacial score (nSPS) is 12.1. The van der Waals surface area contributed by atoms with Gasteiger partial charge in [0.05, 0.1) is 0 Å². The molecule has 0 unspecified atom stereocenters. The molecule has 3 aromatic carbocycles. The fourth-order valence-corrected chi connectivity index (χ4v) is 3.42. The third kappa shape index (κ3) is 4.57. The van der Waals surface area contributed by atoms with Crippen molar-refractivity contribution in [3.05, 3.63) is 103 Å². The van der Waals surface area contributed by atoms with Crippen molar-refractivity contribution in [3.8, 4) is 11.1 Å². The van der Waals surface area contributed by atoms with Crippen LogP contribution >= 0.6 is 0 Å². The molecule has 29 heavy (non-hydrogen) atoms. The molecule has 0 aliphatic rings. The quantitative estimate of drug-likeness (QED) is 0.342. The van der Waals surface area contributed by atoms with Crippen molar-refractivity contribution in [1.29, 1.82) is 0 Å². The molecule has 0 saturated carbocycles. The van der Waals surface area contributed by atoms with E-state index >= 15 is 0 Å². The lowest BCUT2D eigenvalue weighted by molar-refractivity contribution is 1.50. The first kappa shape index (κ1) is 20.4. The average Bonchev–Trinajstić information content (AvgIpc) is 3.15. The summed E-state index contributed by atoms with van der Waals surface area (Å²) in [5.74, 6) is 0. The van der Waals surface area contributed by atoms with E-state index in [1.165, 1.54) is 44.1 Å². The molecule has 0 aliphatic heterocycles. The first-order valence-electron chi connectivity index (χ1n) is 10.3. The summed E-state index contributed by atoms with van der Waals surface area (Å²) in [5.41, 5.74) is 7.35. The van der Waals surface area contributed by atoms with E-state index in [-0.39, 0.29) is 0 Å². The fourth-order valence-electron chi connectivity index (χ4n) is 3.42. The zero-order valence-electron chi connectivity index (χ0n) is 17.7. The molecule has 0 aliphatic carbocycles. The lowest BCUT2D eigenvalue weighted by Gasteiger charge is -2.03. The third-order valence-electron chi connectivity index (χ3n) is 4.92. The number of hydrogen-bond acceptors (Lipinski definition) is 0. The zero-order chi connectivity index (χ0) is 20.6. The Bertz CT molecular complexity index is 1170. The highest BCUT2D eigenvalue weighted by atomic mass is 14.7. The van der Waals surface area contributed by atoms with Gasteiger partial charge in [0.15, 0.2) is 0 Å². The lowest BCUT2D eigenvalue weighted by Crippen LogP contribution is -1.79. The van der Waals surface area contributed by atoms with Crippen LogP contribution in [0.3, 0.4) is 0 Å². The fraction of sp³-hybridized carbons (Fsp3) is 0.143. The molecule has 0 radical (unpaired) electrons. The summed E-state index contributed by atoms with van der Waals surface area (Å²) in [6.07, 6.45) is 10.4. The Hall–Kier alpha value is -3.32. The van der Waals surface area contributed by atoms with E-state index in [1.807, 2.05) is 32.9 Å². The second-order valence-corrected chi connectivity index (χ2v) is 6.77.